The summed E-state index contributed by atoms with van der Waals surface area (Å²) in [7, 11) is 0. The second-order valence-electron chi connectivity index (χ2n) is 10.3. The molecule has 0 bridgehead atoms. The van der Waals surface area contributed by atoms with Gasteiger partial charge < -0.3 is 0 Å². The summed E-state index contributed by atoms with van der Waals surface area (Å²) in [4.78, 5) is 0. The van der Waals surface area contributed by atoms with Gasteiger partial charge in [0.15, 0.2) is 0 Å². The zero-order valence-electron chi connectivity index (χ0n) is 22.3. The number of ether oxygens (including phenoxy) is 6. The zero-order chi connectivity index (χ0) is 24.4. The Hall–Kier alpha value is 0.299. The van der Waals surface area contributed by atoms with Crippen molar-refractivity contribution in [1.82, 2.24) is 0 Å². The molecule has 7 heteroatoms. The molecule has 0 amide bonds. The predicted molar refractivity (Wildman–Crippen MR) is 137 cm³/mol. The van der Waals surface area contributed by atoms with E-state index in [0.29, 0.717) is 13.2 Å². The van der Waals surface area contributed by atoms with E-state index < -0.39 is 24.7 Å². The summed E-state index contributed by atoms with van der Waals surface area (Å²) in [6, 6.07) is 0. The van der Waals surface area contributed by atoms with Crippen LogP contribution in [0.5, 0.6) is 0 Å². The topological polar surface area (TPSA) is 55.4 Å². The monoisotopic (exact) mass is 590 g/mol. The van der Waals surface area contributed by atoms with E-state index in [1.165, 1.54) is 51.8 Å². The van der Waals surface area contributed by atoms with E-state index in [1.807, 2.05) is 0 Å². The van der Waals surface area contributed by atoms with E-state index >= 15 is 0 Å². The molecule has 0 aliphatic carbocycles. The van der Waals surface area contributed by atoms with Gasteiger partial charge in [0.2, 0.25) is 0 Å². The third-order valence-corrected chi connectivity index (χ3v) is 21.8. The number of fused-ring (bicyclic) bond motifs is 3. The molecule has 0 saturated carbocycles. The quantitative estimate of drug-likeness (QED) is 0.155. The molecule has 3 heterocycles. The summed E-state index contributed by atoms with van der Waals surface area (Å²) in [6.07, 6.45) is 10.4. The van der Waals surface area contributed by atoms with E-state index in [4.69, 9.17) is 28.4 Å². The van der Waals surface area contributed by atoms with Crippen LogP contribution in [0.1, 0.15) is 86.0 Å². The van der Waals surface area contributed by atoms with Gasteiger partial charge in [-0.2, -0.15) is 0 Å². The molecule has 198 valence electrons. The third-order valence-electron chi connectivity index (χ3n) is 7.52. The van der Waals surface area contributed by atoms with Crippen molar-refractivity contribution in [2.45, 2.75) is 143 Å². The molecule has 0 radical (unpaired) electrons. The molecule has 0 spiro atoms. The first-order valence-corrected chi connectivity index (χ1v) is 21.8. The van der Waals surface area contributed by atoms with Gasteiger partial charge in [0.25, 0.3) is 0 Å². The maximum absolute atomic E-state index is 6.27. The number of rotatable bonds is 16. The first kappa shape index (κ1) is 28.9. The zero-order valence-corrected chi connectivity index (χ0v) is 25.2. The second-order valence-corrected chi connectivity index (χ2v) is 23.3. The Morgan fingerprint density at radius 2 is 1.24 bits per heavy atom. The van der Waals surface area contributed by atoms with Crippen LogP contribution in [-0.2, 0) is 28.4 Å². The van der Waals surface area contributed by atoms with Gasteiger partial charge in [-0.1, -0.05) is 0 Å². The molecule has 3 saturated heterocycles. The SMILES string of the molecule is CCC[CH2][Sn](/[CH]=C/COC[C@H]1O[C@@H]2OC(CC)O[C@@H]2[C@H]2OC(CC)O[C@H]21)([CH2]CCC)[CH2]CCC. The van der Waals surface area contributed by atoms with Crippen molar-refractivity contribution in [3.05, 3.63) is 10.2 Å². The molecule has 7 atom stereocenters. The Labute approximate surface area is 212 Å². The van der Waals surface area contributed by atoms with Gasteiger partial charge in [-0.15, -0.1) is 0 Å². The van der Waals surface area contributed by atoms with Crippen molar-refractivity contribution in [2.24, 2.45) is 0 Å². The molecule has 3 fully saturated rings. The maximum atomic E-state index is 6.27. The van der Waals surface area contributed by atoms with Gasteiger partial charge in [0.1, 0.15) is 0 Å². The van der Waals surface area contributed by atoms with Gasteiger partial charge >= 0.3 is 213 Å². The molecule has 6 nitrogen and oxygen atoms in total. The van der Waals surface area contributed by atoms with E-state index in [-0.39, 0.29) is 37.0 Å². The van der Waals surface area contributed by atoms with Gasteiger partial charge in [0.05, 0.1) is 0 Å². The summed E-state index contributed by atoms with van der Waals surface area (Å²) in [5.41, 5.74) is 0. The van der Waals surface area contributed by atoms with E-state index in [1.54, 1.807) is 0 Å². The molecule has 0 N–H and O–H groups in total. The van der Waals surface area contributed by atoms with Crippen LogP contribution < -0.4 is 0 Å². The van der Waals surface area contributed by atoms with Crippen molar-refractivity contribution in [2.75, 3.05) is 13.2 Å². The fraction of sp³-hybridized carbons (Fsp3) is 0.926. The van der Waals surface area contributed by atoms with Gasteiger partial charge in [0, 0.05) is 0 Å². The molecular formula is C27H50O6Sn. The van der Waals surface area contributed by atoms with E-state index in [0.717, 1.165) is 12.8 Å². The van der Waals surface area contributed by atoms with Crippen LogP contribution in [0.3, 0.4) is 0 Å². The van der Waals surface area contributed by atoms with Crippen LogP contribution in [0.2, 0.25) is 13.3 Å². The van der Waals surface area contributed by atoms with Gasteiger partial charge in [-0.25, -0.2) is 0 Å². The minimum absolute atomic E-state index is 0.162. The number of hydrogen-bond donors (Lipinski definition) is 0. The molecule has 0 aromatic heterocycles. The van der Waals surface area contributed by atoms with Crippen molar-refractivity contribution in [3.63, 3.8) is 0 Å². The number of unbranched alkanes of at least 4 members (excludes halogenated alkanes) is 3. The molecule has 3 rings (SSSR count). The molecule has 34 heavy (non-hydrogen) atoms. The van der Waals surface area contributed by atoms with Crippen LogP contribution in [0, 0.1) is 0 Å². The van der Waals surface area contributed by atoms with E-state index in [9.17, 15) is 0 Å². The van der Waals surface area contributed by atoms with Crippen molar-refractivity contribution >= 4 is 18.4 Å². The summed E-state index contributed by atoms with van der Waals surface area (Å²) in [6.45, 7) is 12.2. The summed E-state index contributed by atoms with van der Waals surface area (Å²) in [5, 5.41) is 0. The van der Waals surface area contributed by atoms with Crippen LogP contribution in [0.4, 0.5) is 0 Å². The molecular weight excluding hydrogens is 539 g/mol. The van der Waals surface area contributed by atoms with Crippen LogP contribution in [0.15, 0.2) is 10.2 Å². The minimum atomic E-state index is -2.26. The predicted octanol–water partition coefficient (Wildman–Crippen LogP) is 6.34. The Bertz CT molecular complexity index is 580. The van der Waals surface area contributed by atoms with Crippen molar-refractivity contribution < 1.29 is 28.4 Å². The third kappa shape index (κ3) is 7.65. The van der Waals surface area contributed by atoms with Crippen LogP contribution in [0.25, 0.3) is 0 Å². The average Bonchev–Trinajstić information content (AvgIpc) is 3.48. The standard InChI is InChI=1S/C15H23O6.3C4H9.Sn/c1-4-7-16-8-9-12-13(19-10(5-2)18-12)14-15(17-9)21-11(6-3)20-14;3*1-3-4-2;/h1,4,9-15H,5-8H2,2-3H3;3*1,3-4H2,2H3;/t9-,10?,11?,12+,13+,14-,15-;;;;/m1..../s1. The molecule has 3 aliphatic rings. The van der Waals surface area contributed by atoms with E-state index in [2.05, 4.69) is 44.8 Å². The molecule has 0 aromatic carbocycles. The first-order valence-electron chi connectivity index (χ1n) is 14.1. The van der Waals surface area contributed by atoms with Gasteiger partial charge in [-0.3, -0.25) is 0 Å². The van der Waals surface area contributed by atoms with Crippen molar-refractivity contribution in [3.8, 4) is 0 Å². The average molecular weight is 589 g/mol. The Balaban J connectivity index is 1.56. The first-order chi connectivity index (χ1) is 16.6. The van der Waals surface area contributed by atoms with Crippen LogP contribution >= 0.6 is 0 Å². The summed E-state index contributed by atoms with van der Waals surface area (Å²) in [5.74, 6) is 0. The second kappa shape index (κ2) is 14.9. The fourth-order valence-corrected chi connectivity index (χ4v) is 19.8. The molecule has 2 unspecified atom stereocenters. The molecule has 0 aromatic rings. The van der Waals surface area contributed by atoms with Crippen molar-refractivity contribution in [1.29, 1.82) is 0 Å². The Morgan fingerprint density at radius 3 is 1.82 bits per heavy atom. The summed E-state index contributed by atoms with van der Waals surface area (Å²) >= 11 is -2.26. The Morgan fingerprint density at radius 1 is 0.676 bits per heavy atom. The normalized spacial score (nSPS) is 33.5. The summed E-state index contributed by atoms with van der Waals surface area (Å²) < 4.78 is 43.9. The van der Waals surface area contributed by atoms with Gasteiger partial charge in [-0.05, 0) is 0 Å². The Kier molecular flexibility index (Phi) is 12.6. The molecule has 3 aliphatic heterocycles. The number of hydrogen-bond acceptors (Lipinski definition) is 6. The fourth-order valence-electron chi connectivity index (χ4n) is 5.47. The van der Waals surface area contributed by atoms with Crippen LogP contribution in [-0.4, -0.2) is 74.9 Å².